The maximum Gasteiger partial charge on any atom is 0.166 e. The van der Waals surface area contributed by atoms with Gasteiger partial charge in [0.15, 0.2) is 5.11 Å². The Labute approximate surface area is 106 Å². The van der Waals surface area contributed by atoms with Crippen LogP contribution in [-0.2, 0) is 5.75 Å². The van der Waals surface area contributed by atoms with Crippen molar-refractivity contribution in [3.63, 3.8) is 0 Å². The maximum absolute atomic E-state index is 5.48. The zero-order valence-corrected chi connectivity index (χ0v) is 11.3. The van der Waals surface area contributed by atoms with Gasteiger partial charge in [0.2, 0.25) is 0 Å². The molecule has 0 amide bonds. The lowest BCUT2D eigenvalue weighted by Crippen LogP contribution is -2.32. The second-order valence-electron chi connectivity index (χ2n) is 3.64. The van der Waals surface area contributed by atoms with E-state index in [-0.39, 0.29) is 0 Å². The molecule has 3 N–H and O–H groups in total. The fourth-order valence-corrected chi connectivity index (χ4v) is 2.27. The predicted octanol–water partition coefficient (Wildman–Crippen LogP) is 1.52. The van der Waals surface area contributed by atoms with Crippen LogP contribution in [0.25, 0.3) is 0 Å². The molecule has 6 heteroatoms. The molecule has 0 aliphatic heterocycles. The Hall–Kier alpha value is -0.750. The molecule has 0 saturated heterocycles. The summed E-state index contributed by atoms with van der Waals surface area (Å²) < 4.78 is 0. The summed E-state index contributed by atoms with van der Waals surface area (Å²) in [6.07, 6.45) is 2.83. The summed E-state index contributed by atoms with van der Waals surface area (Å²) >= 11 is 6.75. The van der Waals surface area contributed by atoms with Crippen LogP contribution in [0.3, 0.4) is 0 Å². The highest BCUT2D eigenvalue weighted by Crippen LogP contribution is 2.13. The van der Waals surface area contributed by atoms with E-state index in [0.717, 1.165) is 35.9 Å². The monoisotopic (exact) mass is 258 g/mol. The summed E-state index contributed by atoms with van der Waals surface area (Å²) in [5, 5.41) is 0.466. The molecule has 1 rings (SSSR count). The van der Waals surface area contributed by atoms with Gasteiger partial charge < -0.3 is 15.6 Å². The van der Waals surface area contributed by atoms with Gasteiger partial charge in [-0.2, -0.15) is 11.8 Å². The number of imidazole rings is 1. The van der Waals surface area contributed by atoms with Crippen molar-refractivity contribution in [2.24, 2.45) is 5.73 Å². The molecule has 0 aliphatic carbocycles. The first kappa shape index (κ1) is 13.3. The molecule has 0 bridgehead atoms. The summed E-state index contributed by atoms with van der Waals surface area (Å²) in [5.41, 5.74) is 7.79. The van der Waals surface area contributed by atoms with Gasteiger partial charge >= 0.3 is 0 Å². The number of aromatic amines is 1. The lowest BCUT2D eigenvalue weighted by molar-refractivity contribution is 0.507. The summed E-state index contributed by atoms with van der Waals surface area (Å²) in [6, 6.07) is 0. The number of hydrogen-bond donors (Lipinski definition) is 2. The van der Waals surface area contributed by atoms with Gasteiger partial charge in [-0.1, -0.05) is 0 Å². The number of aryl methyl sites for hydroxylation is 1. The van der Waals surface area contributed by atoms with Crippen LogP contribution in [0.5, 0.6) is 0 Å². The van der Waals surface area contributed by atoms with Crippen molar-refractivity contribution in [1.82, 2.24) is 14.9 Å². The highest BCUT2D eigenvalue weighted by molar-refractivity contribution is 7.98. The number of nitrogens with two attached hydrogens (primary N) is 1. The van der Waals surface area contributed by atoms with E-state index in [1.54, 1.807) is 6.33 Å². The van der Waals surface area contributed by atoms with Crippen LogP contribution in [0.15, 0.2) is 6.33 Å². The van der Waals surface area contributed by atoms with Crippen LogP contribution in [0, 0.1) is 6.92 Å². The second-order valence-corrected chi connectivity index (χ2v) is 5.16. The Morgan fingerprint density at radius 1 is 1.69 bits per heavy atom. The maximum atomic E-state index is 5.48. The number of nitrogens with zero attached hydrogens (tertiary/aromatic N) is 2. The molecule has 1 aromatic rings. The molecular formula is C10H18N4S2. The van der Waals surface area contributed by atoms with Crippen LogP contribution >= 0.6 is 24.0 Å². The van der Waals surface area contributed by atoms with Crippen molar-refractivity contribution >= 4 is 29.1 Å². The molecule has 4 nitrogen and oxygen atoms in total. The molecule has 0 aromatic carbocycles. The molecule has 16 heavy (non-hydrogen) atoms. The van der Waals surface area contributed by atoms with Crippen molar-refractivity contribution in [1.29, 1.82) is 0 Å². The fraction of sp³-hybridized carbons (Fsp3) is 0.600. The molecule has 0 unspecified atom stereocenters. The predicted molar refractivity (Wildman–Crippen MR) is 73.5 cm³/mol. The molecule has 0 fully saturated rings. The van der Waals surface area contributed by atoms with Crippen molar-refractivity contribution < 1.29 is 0 Å². The number of rotatable bonds is 6. The van der Waals surface area contributed by atoms with Crippen molar-refractivity contribution in [2.75, 3.05) is 19.3 Å². The first-order chi connectivity index (χ1) is 7.61. The normalized spacial score (nSPS) is 10.4. The van der Waals surface area contributed by atoms with Crippen molar-refractivity contribution in [2.45, 2.75) is 19.1 Å². The molecule has 0 spiro atoms. The van der Waals surface area contributed by atoms with Crippen LogP contribution in [0.4, 0.5) is 0 Å². The molecule has 0 radical (unpaired) electrons. The van der Waals surface area contributed by atoms with E-state index in [0.29, 0.717) is 5.11 Å². The van der Waals surface area contributed by atoms with E-state index in [9.17, 15) is 0 Å². The van der Waals surface area contributed by atoms with Crippen LogP contribution in [0.1, 0.15) is 17.8 Å². The van der Waals surface area contributed by atoms with Gasteiger partial charge in [0, 0.05) is 25.0 Å². The van der Waals surface area contributed by atoms with Gasteiger partial charge in [0.1, 0.15) is 0 Å². The van der Waals surface area contributed by atoms with Crippen molar-refractivity contribution in [3.8, 4) is 0 Å². The Morgan fingerprint density at radius 3 is 3.00 bits per heavy atom. The highest BCUT2D eigenvalue weighted by atomic mass is 32.2. The van der Waals surface area contributed by atoms with Crippen LogP contribution in [0.2, 0.25) is 0 Å². The Bertz CT molecular complexity index is 337. The minimum absolute atomic E-state index is 0.466. The summed E-state index contributed by atoms with van der Waals surface area (Å²) in [5.74, 6) is 2.06. The quantitative estimate of drug-likeness (QED) is 0.598. The Kier molecular flexibility index (Phi) is 5.62. The number of hydrogen-bond acceptors (Lipinski definition) is 3. The molecule has 0 aliphatic rings. The smallest absolute Gasteiger partial charge is 0.166 e. The first-order valence-corrected chi connectivity index (χ1v) is 6.74. The second kappa shape index (κ2) is 6.75. The molecule has 0 saturated carbocycles. The average molecular weight is 258 g/mol. The number of thiocarbonyl (C=S) groups is 1. The summed E-state index contributed by atoms with van der Waals surface area (Å²) in [7, 11) is 1.92. The molecule has 1 aromatic heterocycles. The summed E-state index contributed by atoms with van der Waals surface area (Å²) in [4.78, 5) is 9.22. The van der Waals surface area contributed by atoms with Gasteiger partial charge in [-0.05, 0) is 31.3 Å². The average Bonchev–Trinajstić information content (AvgIpc) is 2.63. The highest BCUT2D eigenvalue weighted by Gasteiger charge is 2.02. The minimum Gasteiger partial charge on any atom is -0.376 e. The lowest BCUT2D eigenvalue weighted by atomic mass is 10.4. The Balaban J connectivity index is 2.09. The fourth-order valence-electron chi connectivity index (χ4n) is 1.22. The van der Waals surface area contributed by atoms with E-state index in [4.69, 9.17) is 18.0 Å². The molecule has 1 heterocycles. The number of aromatic nitrogens is 2. The molecule has 0 atom stereocenters. The van der Waals surface area contributed by atoms with Gasteiger partial charge in [0.25, 0.3) is 0 Å². The third kappa shape index (κ3) is 4.40. The van der Waals surface area contributed by atoms with E-state index in [1.165, 1.54) is 0 Å². The standard InChI is InChI=1S/C10H18N4S2/c1-8-9(13-7-12-8)6-16-5-3-4-14(2)10(11)15/h7H,3-6H2,1-2H3,(H2,11,15)(H,12,13). The lowest BCUT2D eigenvalue weighted by Gasteiger charge is -2.15. The minimum atomic E-state index is 0.466. The molecular weight excluding hydrogens is 240 g/mol. The SMILES string of the molecule is Cc1[nH]cnc1CSCCCN(C)C(N)=S. The number of H-pyrrole nitrogens is 1. The van der Waals surface area contributed by atoms with Gasteiger partial charge in [-0.25, -0.2) is 4.98 Å². The zero-order chi connectivity index (χ0) is 12.0. The van der Waals surface area contributed by atoms with Crippen molar-refractivity contribution in [3.05, 3.63) is 17.7 Å². The first-order valence-electron chi connectivity index (χ1n) is 5.18. The van der Waals surface area contributed by atoms with Crippen LogP contribution in [-0.4, -0.2) is 39.3 Å². The van der Waals surface area contributed by atoms with E-state index in [1.807, 2.05) is 30.6 Å². The van der Waals surface area contributed by atoms with E-state index >= 15 is 0 Å². The van der Waals surface area contributed by atoms with E-state index < -0.39 is 0 Å². The topological polar surface area (TPSA) is 57.9 Å². The molecule has 90 valence electrons. The third-order valence-corrected chi connectivity index (χ3v) is 3.70. The number of thioether (sulfide) groups is 1. The van der Waals surface area contributed by atoms with E-state index in [2.05, 4.69) is 9.97 Å². The van der Waals surface area contributed by atoms with Gasteiger partial charge in [0.05, 0.1) is 12.0 Å². The third-order valence-electron chi connectivity index (χ3n) is 2.33. The zero-order valence-electron chi connectivity index (χ0n) is 9.69. The van der Waals surface area contributed by atoms with Gasteiger partial charge in [-0.15, -0.1) is 0 Å². The summed E-state index contributed by atoms with van der Waals surface area (Å²) in [6.45, 7) is 2.96. The van der Waals surface area contributed by atoms with Gasteiger partial charge in [-0.3, -0.25) is 0 Å². The largest absolute Gasteiger partial charge is 0.376 e. The Morgan fingerprint density at radius 2 is 2.44 bits per heavy atom. The number of nitrogens with one attached hydrogen (secondary N) is 1. The van der Waals surface area contributed by atoms with Crippen LogP contribution < -0.4 is 5.73 Å².